The summed E-state index contributed by atoms with van der Waals surface area (Å²) in [5.74, 6) is 0.597. The first-order valence-electron chi connectivity index (χ1n) is 8.56. The van der Waals surface area contributed by atoms with Crippen molar-refractivity contribution in [3.8, 4) is 17.2 Å². The van der Waals surface area contributed by atoms with Crippen LogP contribution in [-0.2, 0) is 6.42 Å². The third-order valence-corrected chi connectivity index (χ3v) is 4.87. The van der Waals surface area contributed by atoms with Crippen molar-refractivity contribution in [2.45, 2.75) is 44.4 Å². The van der Waals surface area contributed by atoms with Crippen LogP contribution in [-0.4, -0.2) is 0 Å². The number of benzene rings is 2. The lowest BCUT2D eigenvalue weighted by Gasteiger charge is -2.25. The van der Waals surface area contributed by atoms with Gasteiger partial charge >= 0.3 is 0 Å². The van der Waals surface area contributed by atoms with E-state index in [1.807, 2.05) is 12.1 Å². The molecule has 0 amide bonds. The smallest absolute Gasteiger partial charge is 0.0991 e. The molecule has 1 saturated carbocycles. The van der Waals surface area contributed by atoms with Crippen molar-refractivity contribution in [1.82, 2.24) is 0 Å². The van der Waals surface area contributed by atoms with Crippen LogP contribution in [0.4, 0.5) is 0 Å². The monoisotopic (exact) mass is 301 g/mol. The maximum Gasteiger partial charge on any atom is 0.0991 e. The van der Waals surface area contributed by atoms with E-state index in [0.717, 1.165) is 12.0 Å². The van der Waals surface area contributed by atoms with Crippen LogP contribution in [0.5, 0.6) is 0 Å². The molecule has 0 atom stereocenters. The van der Waals surface area contributed by atoms with E-state index in [0.29, 0.717) is 5.92 Å². The molecule has 23 heavy (non-hydrogen) atoms. The molecule has 2 aromatic carbocycles. The van der Waals surface area contributed by atoms with Crippen LogP contribution in [0.1, 0.15) is 54.7 Å². The minimum Gasteiger partial charge on any atom is -0.192 e. The van der Waals surface area contributed by atoms with Crippen molar-refractivity contribution < 1.29 is 0 Å². The summed E-state index contributed by atoms with van der Waals surface area (Å²) < 4.78 is 0. The van der Waals surface area contributed by atoms with E-state index in [1.165, 1.54) is 54.4 Å². The number of nitriles is 1. The quantitative estimate of drug-likeness (QED) is 0.635. The van der Waals surface area contributed by atoms with Gasteiger partial charge in [0, 0.05) is 0 Å². The van der Waals surface area contributed by atoms with E-state index in [9.17, 15) is 5.26 Å². The summed E-state index contributed by atoms with van der Waals surface area (Å²) in [6.45, 7) is 3.80. The molecule has 116 valence electrons. The van der Waals surface area contributed by atoms with Gasteiger partial charge in [-0.15, -0.1) is 6.58 Å². The van der Waals surface area contributed by atoms with Gasteiger partial charge in [-0.3, -0.25) is 0 Å². The first kappa shape index (κ1) is 15.6. The summed E-state index contributed by atoms with van der Waals surface area (Å²) in [7, 11) is 0. The molecule has 0 unspecified atom stereocenters. The highest BCUT2D eigenvalue weighted by Gasteiger charge is 2.19. The first-order chi connectivity index (χ1) is 11.3. The molecule has 0 N–H and O–H groups in total. The van der Waals surface area contributed by atoms with Gasteiger partial charge in [-0.2, -0.15) is 5.26 Å². The first-order valence-corrected chi connectivity index (χ1v) is 8.56. The Balaban J connectivity index is 2.00. The Morgan fingerprint density at radius 2 is 1.78 bits per heavy atom. The fourth-order valence-electron chi connectivity index (χ4n) is 3.63. The minimum atomic E-state index is 0.597. The van der Waals surface area contributed by atoms with E-state index < -0.39 is 0 Å². The van der Waals surface area contributed by atoms with Crippen molar-refractivity contribution in [1.29, 1.82) is 5.26 Å². The van der Waals surface area contributed by atoms with Gasteiger partial charge in [0.1, 0.15) is 0 Å². The van der Waals surface area contributed by atoms with Crippen LogP contribution in [0, 0.1) is 11.3 Å². The zero-order chi connectivity index (χ0) is 16.1. The van der Waals surface area contributed by atoms with Gasteiger partial charge in [0.15, 0.2) is 0 Å². The number of hydrogen-bond donors (Lipinski definition) is 0. The highest BCUT2D eigenvalue weighted by molar-refractivity contribution is 5.69. The van der Waals surface area contributed by atoms with E-state index in [1.54, 1.807) is 0 Å². The Bertz CT molecular complexity index is 713. The SMILES string of the molecule is C=CCc1ccc(-c2ccc(C#N)cc2C2CCCCC2)cc1. The topological polar surface area (TPSA) is 23.8 Å². The zero-order valence-corrected chi connectivity index (χ0v) is 13.6. The lowest BCUT2D eigenvalue weighted by molar-refractivity contribution is 0.444. The maximum atomic E-state index is 9.26. The molecule has 1 nitrogen and oxygen atoms in total. The highest BCUT2D eigenvalue weighted by Crippen LogP contribution is 2.38. The third-order valence-electron chi connectivity index (χ3n) is 4.87. The molecule has 1 aliphatic rings. The van der Waals surface area contributed by atoms with Gasteiger partial charge in [0.2, 0.25) is 0 Å². The summed E-state index contributed by atoms with van der Waals surface area (Å²) in [4.78, 5) is 0. The second-order valence-electron chi connectivity index (χ2n) is 6.44. The molecule has 0 saturated heterocycles. The van der Waals surface area contributed by atoms with Gasteiger partial charge in [0.25, 0.3) is 0 Å². The molecule has 0 aliphatic heterocycles. The third kappa shape index (κ3) is 3.54. The second kappa shape index (κ2) is 7.29. The highest BCUT2D eigenvalue weighted by atomic mass is 14.3. The minimum absolute atomic E-state index is 0.597. The fourth-order valence-corrected chi connectivity index (χ4v) is 3.63. The Morgan fingerprint density at radius 3 is 2.43 bits per heavy atom. The normalized spacial score (nSPS) is 15.1. The molecule has 0 heterocycles. The number of rotatable bonds is 4. The summed E-state index contributed by atoms with van der Waals surface area (Å²) >= 11 is 0. The van der Waals surface area contributed by atoms with Gasteiger partial charge in [0.05, 0.1) is 11.6 Å². The Morgan fingerprint density at radius 1 is 1.04 bits per heavy atom. The molecular formula is C22H23N. The summed E-state index contributed by atoms with van der Waals surface area (Å²) in [6, 6.07) is 17.3. The van der Waals surface area contributed by atoms with Gasteiger partial charge < -0.3 is 0 Å². The van der Waals surface area contributed by atoms with Crippen molar-refractivity contribution in [3.05, 3.63) is 71.8 Å². The van der Waals surface area contributed by atoms with Crippen molar-refractivity contribution in [2.24, 2.45) is 0 Å². The summed E-state index contributed by atoms with van der Waals surface area (Å²) in [5, 5.41) is 9.26. The van der Waals surface area contributed by atoms with Crippen molar-refractivity contribution in [3.63, 3.8) is 0 Å². The van der Waals surface area contributed by atoms with Crippen LogP contribution in [0.25, 0.3) is 11.1 Å². The Labute approximate surface area is 139 Å². The lowest BCUT2D eigenvalue weighted by atomic mass is 9.80. The Kier molecular flexibility index (Phi) is 4.93. The number of allylic oxidation sites excluding steroid dienone is 1. The molecule has 3 rings (SSSR count). The standard InChI is InChI=1S/C22H23N/c1-2-6-17-9-12-20(13-10-17)21-14-11-18(16-23)15-22(21)19-7-4-3-5-8-19/h2,9-15,19H,1,3-8H2. The molecule has 0 aromatic heterocycles. The molecular weight excluding hydrogens is 278 g/mol. The van der Waals surface area contributed by atoms with E-state index in [2.05, 4.69) is 49.0 Å². The van der Waals surface area contributed by atoms with Crippen molar-refractivity contribution >= 4 is 0 Å². The zero-order valence-electron chi connectivity index (χ0n) is 13.6. The predicted octanol–water partition coefficient (Wildman–Crippen LogP) is 6.00. The molecule has 1 heteroatoms. The average molecular weight is 301 g/mol. The van der Waals surface area contributed by atoms with Crippen molar-refractivity contribution in [2.75, 3.05) is 0 Å². The van der Waals surface area contributed by atoms with Crippen LogP contribution < -0.4 is 0 Å². The number of nitrogens with zero attached hydrogens (tertiary/aromatic N) is 1. The van der Waals surface area contributed by atoms with E-state index in [-0.39, 0.29) is 0 Å². The van der Waals surface area contributed by atoms with Crippen LogP contribution >= 0.6 is 0 Å². The largest absolute Gasteiger partial charge is 0.192 e. The maximum absolute atomic E-state index is 9.26. The van der Waals surface area contributed by atoms with Gasteiger partial charge in [-0.25, -0.2) is 0 Å². The summed E-state index contributed by atoms with van der Waals surface area (Å²) in [5.41, 5.74) is 5.97. The lowest BCUT2D eigenvalue weighted by Crippen LogP contribution is -2.06. The molecule has 0 spiro atoms. The van der Waals surface area contributed by atoms with Crippen LogP contribution in [0.15, 0.2) is 55.1 Å². The molecule has 0 bridgehead atoms. The average Bonchev–Trinajstić information content (AvgIpc) is 2.63. The number of hydrogen-bond acceptors (Lipinski definition) is 1. The van der Waals surface area contributed by atoms with E-state index >= 15 is 0 Å². The molecule has 2 aromatic rings. The predicted molar refractivity (Wildman–Crippen MR) is 96.3 cm³/mol. The Hall–Kier alpha value is -2.33. The fraction of sp³-hybridized carbons (Fsp3) is 0.318. The van der Waals surface area contributed by atoms with Crippen LogP contribution in [0.2, 0.25) is 0 Å². The van der Waals surface area contributed by atoms with Crippen LogP contribution in [0.3, 0.4) is 0 Å². The molecule has 0 radical (unpaired) electrons. The van der Waals surface area contributed by atoms with Gasteiger partial charge in [-0.05, 0) is 59.6 Å². The van der Waals surface area contributed by atoms with E-state index in [4.69, 9.17) is 0 Å². The summed E-state index contributed by atoms with van der Waals surface area (Å²) in [6.07, 6.45) is 9.29. The molecule has 1 aliphatic carbocycles. The van der Waals surface area contributed by atoms with Gasteiger partial charge in [-0.1, -0.05) is 55.7 Å². The second-order valence-corrected chi connectivity index (χ2v) is 6.44. The molecule has 1 fully saturated rings.